The van der Waals surface area contributed by atoms with Crippen molar-refractivity contribution in [2.75, 3.05) is 0 Å². The van der Waals surface area contributed by atoms with Crippen molar-refractivity contribution in [2.45, 2.75) is 19.3 Å². The summed E-state index contributed by atoms with van der Waals surface area (Å²) in [5.41, 5.74) is 26.2. The van der Waals surface area contributed by atoms with E-state index in [9.17, 15) is 0 Å². The summed E-state index contributed by atoms with van der Waals surface area (Å²) in [5, 5.41) is 15.4. The molecular weight excluding hydrogens is 1570 g/mol. The fourth-order valence-electron chi connectivity index (χ4n) is 18.7. The van der Waals surface area contributed by atoms with Crippen molar-refractivity contribution in [1.29, 1.82) is 0 Å². The number of fused-ring (bicyclic) bond motifs is 19. The van der Waals surface area contributed by atoms with E-state index in [0.717, 1.165) is 181 Å². The largest absolute Gasteiger partial charge is 0.247 e. The molecular formula is C111H68N12S2. The lowest BCUT2D eigenvalue weighted by atomic mass is 9.81. The average Bonchev–Trinajstić information content (AvgIpc) is 1.73. The Morgan fingerprint density at radius 1 is 0.192 bits per heavy atom. The average molecular weight is 1630 g/mol. The smallest absolute Gasteiger partial charge is 0.164 e. The molecule has 14 heteroatoms. The molecule has 0 aliphatic heterocycles. The zero-order valence-corrected chi connectivity index (χ0v) is 69.1. The fourth-order valence-corrected chi connectivity index (χ4v) is 19.9. The molecule has 0 N–H and O–H groups in total. The molecule has 0 saturated carbocycles. The van der Waals surface area contributed by atoms with Gasteiger partial charge in [-0.2, -0.15) is 17.5 Å². The second-order valence-electron chi connectivity index (χ2n) is 32.3. The van der Waals surface area contributed by atoms with Gasteiger partial charge in [0.25, 0.3) is 0 Å². The number of para-hydroxylation sites is 2. The summed E-state index contributed by atoms with van der Waals surface area (Å²) >= 11 is 2.47. The molecule has 24 aromatic rings. The van der Waals surface area contributed by atoms with Crippen LogP contribution in [0.1, 0.15) is 25.0 Å². The molecule has 6 aromatic heterocycles. The van der Waals surface area contributed by atoms with Crippen molar-refractivity contribution >= 4 is 132 Å². The quantitative estimate of drug-likeness (QED) is 0.113. The highest BCUT2D eigenvalue weighted by atomic mass is 32.1. The third-order valence-corrected chi connectivity index (χ3v) is 25.8. The Morgan fingerprint density at radius 3 is 1.05 bits per heavy atom. The Morgan fingerprint density at radius 2 is 0.544 bits per heavy atom. The van der Waals surface area contributed by atoms with Gasteiger partial charge in [0.05, 0.1) is 45.9 Å². The molecule has 1 aliphatic rings. The maximum atomic E-state index is 5.38. The summed E-state index contributed by atoms with van der Waals surface area (Å²) in [5.74, 6) is 3.62. The molecule has 12 nitrogen and oxygen atoms in total. The van der Waals surface area contributed by atoms with Gasteiger partial charge in [0.1, 0.15) is 22.1 Å². The number of hydrogen-bond acceptors (Lipinski definition) is 14. The van der Waals surface area contributed by atoms with Crippen LogP contribution in [0.5, 0.6) is 0 Å². The summed E-state index contributed by atoms with van der Waals surface area (Å²) in [6.07, 6.45) is 0. The predicted molar refractivity (Wildman–Crippen MR) is 515 cm³/mol. The van der Waals surface area contributed by atoms with Crippen LogP contribution in [0.2, 0.25) is 0 Å². The van der Waals surface area contributed by atoms with Crippen molar-refractivity contribution in [2.24, 2.45) is 0 Å². The van der Waals surface area contributed by atoms with Crippen LogP contribution in [-0.2, 0) is 5.41 Å². The summed E-state index contributed by atoms with van der Waals surface area (Å²) < 4.78 is 19.7. The molecule has 0 unspecified atom stereocenters. The SMILES string of the molecule is CC1(C)c2ccccc2-c2ccc(-c3ccc(-c4nc(-c5ccccc5)nc(-c5cccc(-c6cc7c(-c8ccccc8)nc8ccccc8c7c7nsnc67)c5)n4)cc3)cc21.c1ccc(-c2nc3ccccc3c3c2cc(-c2cccc(-c4nc(-c5cc6ccccc6c6ccccc56)nc(-c5cc6ccccc6c6ccccc56)n4)c2)c2nsnc23)cc1. The minimum atomic E-state index is -0.0666. The second kappa shape index (κ2) is 29.7. The van der Waals surface area contributed by atoms with Crippen molar-refractivity contribution in [1.82, 2.24) is 57.4 Å². The fraction of sp³-hybridized carbons (Fsp3) is 0.0270. The van der Waals surface area contributed by atoms with Crippen molar-refractivity contribution in [3.05, 3.63) is 387 Å². The van der Waals surface area contributed by atoms with E-state index in [2.05, 4.69) is 335 Å². The normalized spacial score (nSPS) is 12.3. The van der Waals surface area contributed by atoms with Crippen molar-refractivity contribution < 1.29 is 0 Å². The minimum Gasteiger partial charge on any atom is -0.247 e. The Hall–Kier alpha value is -16.0. The summed E-state index contributed by atoms with van der Waals surface area (Å²) in [6, 6.07) is 132. The van der Waals surface area contributed by atoms with Crippen molar-refractivity contribution in [3.63, 3.8) is 0 Å². The monoisotopic (exact) mass is 1630 g/mol. The minimum absolute atomic E-state index is 0.0666. The Kier molecular flexibility index (Phi) is 17.3. The molecule has 0 radical (unpaired) electrons. The summed E-state index contributed by atoms with van der Waals surface area (Å²) in [4.78, 5) is 41.9. The van der Waals surface area contributed by atoms with Gasteiger partial charge in [-0.15, -0.1) is 0 Å². The highest BCUT2D eigenvalue weighted by Crippen LogP contribution is 2.51. The molecule has 18 aromatic carbocycles. The van der Waals surface area contributed by atoms with E-state index in [1.165, 1.54) is 62.0 Å². The van der Waals surface area contributed by atoms with Gasteiger partial charge in [-0.3, -0.25) is 0 Å². The molecule has 6 heterocycles. The zero-order chi connectivity index (χ0) is 82.8. The van der Waals surface area contributed by atoms with Gasteiger partial charge >= 0.3 is 0 Å². The molecule has 1 aliphatic carbocycles. The first-order valence-corrected chi connectivity index (χ1v) is 43.2. The van der Waals surface area contributed by atoms with E-state index < -0.39 is 0 Å². The molecule has 0 saturated heterocycles. The van der Waals surface area contributed by atoms with E-state index in [-0.39, 0.29) is 5.41 Å². The van der Waals surface area contributed by atoms with Gasteiger partial charge in [0.2, 0.25) is 0 Å². The molecule has 0 bridgehead atoms. The van der Waals surface area contributed by atoms with E-state index >= 15 is 0 Å². The summed E-state index contributed by atoms with van der Waals surface area (Å²) in [7, 11) is 0. The van der Waals surface area contributed by atoms with Gasteiger partial charge in [-0.05, 0) is 142 Å². The number of nitrogens with zero attached hydrogens (tertiary/aromatic N) is 12. The maximum Gasteiger partial charge on any atom is 0.164 e. The molecule has 125 heavy (non-hydrogen) atoms. The number of aromatic nitrogens is 12. The van der Waals surface area contributed by atoms with Crippen LogP contribution in [-0.4, -0.2) is 57.4 Å². The molecule has 0 atom stereocenters. The van der Waals surface area contributed by atoms with E-state index in [0.29, 0.717) is 34.9 Å². The van der Waals surface area contributed by atoms with E-state index in [1.807, 2.05) is 54.6 Å². The number of rotatable bonds is 11. The van der Waals surface area contributed by atoms with Gasteiger partial charge in [-0.1, -0.05) is 335 Å². The Bertz CT molecular complexity index is 8390. The standard InChI is InChI=1S/C56H32N6S.C55H36N6S/c1-2-15-33(16-3-1)51-48-32-45(52-53(62-63-61-52)50(48)44-27-12-13-28-49(44)57-51)34-19-14-20-37(29-34)54-58-55(46-30-35-17-4-6-21-38(35)40-23-8-10-25-42(40)46)60-56(59-54)47-31-36-18-5-7-22-39(36)41-24-9-11-26-43(41)47;1-55(2)45-22-11-9-20-40(45)41-29-28-37(31-46(41)55)33-24-26-36(27-25-33)53-57-52(35-16-7-4-8-17-35)58-54(59-53)39-19-13-18-38(30-39)43-32-44-48(51-50(43)60-62-61-51)42-21-10-12-23-47(42)56-49(44)34-14-5-3-6-15-34/h1-32H;3-32H,1-2H3. The van der Waals surface area contributed by atoms with Crippen LogP contribution >= 0.6 is 23.5 Å². The summed E-state index contributed by atoms with van der Waals surface area (Å²) in [6.45, 7) is 4.64. The van der Waals surface area contributed by atoms with Gasteiger partial charge in [0, 0.05) is 93.4 Å². The lowest BCUT2D eigenvalue weighted by molar-refractivity contribution is 0.660. The first kappa shape index (κ1) is 73.0. The van der Waals surface area contributed by atoms with Crippen LogP contribution in [0.3, 0.4) is 0 Å². The third-order valence-electron chi connectivity index (χ3n) is 24.7. The first-order chi connectivity index (χ1) is 61.7. The number of benzene rings is 18. The highest BCUT2D eigenvalue weighted by molar-refractivity contribution is 7.00. The van der Waals surface area contributed by atoms with Gasteiger partial charge in [-0.25, -0.2) is 39.9 Å². The Labute approximate surface area is 726 Å². The zero-order valence-electron chi connectivity index (χ0n) is 67.5. The van der Waals surface area contributed by atoms with Gasteiger partial charge in [0.15, 0.2) is 34.9 Å². The van der Waals surface area contributed by atoms with Crippen LogP contribution in [0.15, 0.2) is 376 Å². The maximum absolute atomic E-state index is 5.38. The molecule has 584 valence electrons. The van der Waals surface area contributed by atoms with Crippen LogP contribution in [0, 0.1) is 0 Å². The topological polar surface area (TPSA) is 155 Å². The first-order valence-electron chi connectivity index (χ1n) is 41.7. The molecule has 0 amide bonds. The lowest BCUT2D eigenvalue weighted by Crippen LogP contribution is -2.14. The lowest BCUT2D eigenvalue weighted by Gasteiger charge is -2.22. The number of pyridine rings is 2. The molecule has 0 fully saturated rings. The third kappa shape index (κ3) is 12.5. The highest BCUT2D eigenvalue weighted by Gasteiger charge is 2.36. The van der Waals surface area contributed by atoms with Crippen LogP contribution in [0.4, 0.5) is 0 Å². The van der Waals surface area contributed by atoms with Gasteiger partial charge < -0.3 is 0 Å². The van der Waals surface area contributed by atoms with E-state index in [1.54, 1.807) is 0 Å². The molecule has 0 spiro atoms. The van der Waals surface area contributed by atoms with Crippen LogP contribution in [0.25, 0.3) is 244 Å². The number of hydrogen-bond donors (Lipinski definition) is 0. The molecule has 25 rings (SSSR count). The Balaban J connectivity index is 0.000000140. The predicted octanol–water partition coefficient (Wildman–Crippen LogP) is 28.4. The van der Waals surface area contributed by atoms with Crippen LogP contribution < -0.4 is 0 Å². The van der Waals surface area contributed by atoms with Crippen molar-refractivity contribution in [3.8, 4) is 135 Å². The second-order valence-corrected chi connectivity index (χ2v) is 33.4. The van der Waals surface area contributed by atoms with E-state index in [4.69, 9.17) is 57.4 Å².